The van der Waals surface area contributed by atoms with Crippen molar-refractivity contribution in [1.29, 1.82) is 5.26 Å². The molecule has 0 bridgehead atoms. The number of aliphatic hydroxyl groups is 1. The average Bonchev–Trinajstić information content (AvgIpc) is 3.35. The van der Waals surface area contributed by atoms with Crippen molar-refractivity contribution >= 4 is 23.1 Å². The van der Waals surface area contributed by atoms with Gasteiger partial charge in [0.1, 0.15) is 23.7 Å². The first-order valence-corrected chi connectivity index (χ1v) is 13.5. The number of nitrogens with zero attached hydrogens (tertiary/aromatic N) is 6. The Morgan fingerprint density at radius 1 is 1.13 bits per heavy atom. The lowest BCUT2D eigenvalue weighted by Gasteiger charge is -2.33. The minimum Gasteiger partial charge on any atom is -0.489 e. The second kappa shape index (κ2) is 10.9. The first-order valence-electron chi connectivity index (χ1n) is 12.5. The van der Waals surface area contributed by atoms with E-state index in [1.165, 1.54) is 0 Å². The maximum atomic E-state index is 10.2. The Balaban J connectivity index is 1.30. The third kappa shape index (κ3) is 5.85. The lowest BCUT2D eigenvalue weighted by atomic mass is 10.0. The molecule has 38 heavy (non-hydrogen) atoms. The Hall–Kier alpha value is -3.81. The summed E-state index contributed by atoms with van der Waals surface area (Å²) in [5.41, 5.74) is 2.26. The molecule has 1 aliphatic heterocycles. The maximum absolute atomic E-state index is 10.2. The molecule has 0 radical (unpaired) electrons. The summed E-state index contributed by atoms with van der Waals surface area (Å²) >= 11 is 1.55. The third-order valence-electron chi connectivity index (χ3n) is 6.35. The van der Waals surface area contributed by atoms with Crippen molar-refractivity contribution in [2.45, 2.75) is 43.3 Å². The number of nitriles is 1. The van der Waals surface area contributed by atoms with Crippen LogP contribution in [0.2, 0.25) is 0 Å². The molecule has 196 valence electrons. The molecule has 0 aliphatic carbocycles. The highest BCUT2D eigenvalue weighted by Crippen LogP contribution is 2.33. The first-order chi connectivity index (χ1) is 18.3. The summed E-state index contributed by atoms with van der Waals surface area (Å²) in [5.74, 6) is 2.77. The lowest BCUT2D eigenvalue weighted by molar-refractivity contribution is 0.107. The van der Waals surface area contributed by atoms with Gasteiger partial charge in [0.15, 0.2) is 0 Å². The van der Waals surface area contributed by atoms with E-state index in [0.29, 0.717) is 17.2 Å². The van der Waals surface area contributed by atoms with Crippen molar-refractivity contribution in [2.75, 3.05) is 30.9 Å². The topological polar surface area (TPSA) is 109 Å². The van der Waals surface area contributed by atoms with Gasteiger partial charge in [0.25, 0.3) is 0 Å². The van der Waals surface area contributed by atoms with Crippen LogP contribution in [0.3, 0.4) is 0 Å². The number of piperidine rings is 1. The van der Waals surface area contributed by atoms with Crippen LogP contribution in [0.4, 0.5) is 5.82 Å². The zero-order chi connectivity index (χ0) is 26.7. The molecule has 5 rings (SSSR count). The molecule has 4 aromatic rings. The normalized spacial score (nSPS) is 14.4. The number of anilines is 1. The molecule has 1 aliphatic rings. The quantitative estimate of drug-likeness (QED) is 0.327. The molecule has 1 saturated heterocycles. The molecule has 0 aromatic carbocycles. The van der Waals surface area contributed by atoms with Crippen LogP contribution in [0.25, 0.3) is 16.6 Å². The van der Waals surface area contributed by atoms with Crippen LogP contribution in [0.1, 0.15) is 32.3 Å². The van der Waals surface area contributed by atoms with Crippen molar-refractivity contribution < 1.29 is 14.6 Å². The van der Waals surface area contributed by atoms with Gasteiger partial charge in [0.05, 0.1) is 36.2 Å². The fraction of sp³-hybridized carbons (Fsp3) is 0.357. The Morgan fingerprint density at radius 2 is 1.95 bits per heavy atom. The van der Waals surface area contributed by atoms with Gasteiger partial charge in [-0.05, 0) is 38.1 Å². The Morgan fingerprint density at radius 3 is 2.58 bits per heavy atom. The van der Waals surface area contributed by atoms with Crippen molar-refractivity contribution in [2.24, 2.45) is 0 Å². The number of rotatable bonds is 8. The van der Waals surface area contributed by atoms with Gasteiger partial charge in [-0.2, -0.15) is 10.4 Å². The second-order valence-corrected chi connectivity index (χ2v) is 10.9. The van der Waals surface area contributed by atoms with Crippen LogP contribution in [0.15, 0.2) is 60.0 Å². The molecule has 1 N–H and O–H groups in total. The number of aromatic nitrogens is 4. The molecule has 5 heterocycles. The van der Waals surface area contributed by atoms with Gasteiger partial charge in [0.2, 0.25) is 5.88 Å². The van der Waals surface area contributed by atoms with Crippen LogP contribution < -0.4 is 14.4 Å². The van der Waals surface area contributed by atoms with E-state index in [2.05, 4.69) is 21.1 Å². The van der Waals surface area contributed by atoms with Crippen LogP contribution in [-0.2, 0) is 0 Å². The van der Waals surface area contributed by atoms with Gasteiger partial charge >= 0.3 is 0 Å². The van der Waals surface area contributed by atoms with Gasteiger partial charge in [0, 0.05) is 66.2 Å². The number of methoxy groups -OCH3 is 1. The largest absolute Gasteiger partial charge is 0.489 e. The van der Waals surface area contributed by atoms with E-state index in [1.807, 2.05) is 36.7 Å². The highest BCUT2D eigenvalue weighted by molar-refractivity contribution is 7.99. The fourth-order valence-electron chi connectivity index (χ4n) is 4.42. The zero-order valence-corrected chi connectivity index (χ0v) is 22.5. The summed E-state index contributed by atoms with van der Waals surface area (Å²) in [6, 6.07) is 12.0. The molecule has 9 nitrogen and oxygen atoms in total. The number of hydrogen-bond acceptors (Lipinski definition) is 9. The summed E-state index contributed by atoms with van der Waals surface area (Å²) in [6.07, 6.45) is 8.93. The van der Waals surface area contributed by atoms with Crippen molar-refractivity contribution in [3.63, 3.8) is 0 Å². The van der Waals surface area contributed by atoms with Crippen LogP contribution in [0.5, 0.6) is 11.6 Å². The van der Waals surface area contributed by atoms with Crippen LogP contribution >= 0.6 is 11.8 Å². The Kier molecular flexibility index (Phi) is 7.40. The van der Waals surface area contributed by atoms with E-state index >= 15 is 0 Å². The lowest BCUT2D eigenvalue weighted by Crippen LogP contribution is -2.38. The molecule has 0 amide bonds. The molecule has 0 atom stereocenters. The van der Waals surface area contributed by atoms with Gasteiger partial charge in [-0.1, -0.05) is 0 Å². The van der Waals surface area contributed by atoms with Gasteiger partial charge in [-0.3, -0.25) is 0 Å². The van der Waals surface area contributed by atoms with Gasteiger partial charge < -0.3 is 19.5 Å². The predicted octanol–water partition coefficient (Wildman–Crippen LogP) is 4.58. The highest BCUT2D eigenvalue weighted by atomic mass is 32.2. The van der Waals surface area contributed by atoms with Crippen molar-refractivity contribution in [1.82, 2.24) is 19.6 Å². The van der Waals surface area contributed by atoms with E-state index in [9.17, 15) is 10.4 Å². The Bertz CT molecular complexity index is 1430. The molecule has 0 saturated carbocycles. The van der Waals surface area contributed by atoms with E-state index in [1.54, 1.807) is 55.7 Å². The number of ether oxygens (including phenoxy) is 2. The summed E-state index contributed by atoms with van der Waals surface area (Å²) in [4.78, 5) is 12.2. The van der Waals surface area contributed by atoms with Crippen molar-refractivity contribution in [3.8, 4) is 28.8 Å². The molecule has 4 aromatic heterocycles. The van der Waals surface area contributed by atoms with E-state index in [-0.39, 0.29) is 6.10 Å². The minimum atomic E-state index is -0.797. The molecular formula is C28H30N6O3S. The smallest absolute Gasteiger partial charge is 0.213 e. The maximum Gasteiger partial charge on any atom is 0.213 e. The Labute approximate surface area is 226 Å². The second-order valence-electron chi connectivity index (χ2n) is 9.90. The third-order valence-corrected chi connectivity index (χ3v) is 7.75. The van der Waals surface area contributed by atoms with E-state index in [4.69, 9.17) is 14.5 Å². The van der Waals surface area contributed by atoms with E-state index < -0.39 is 5.60 Å². The molecular weight excluding hydrogens is 500 g/mol. The predicted molar refractivity (Wildman–Crippen MR) is 147 cm³/mol. The summed E-state index contributed by atoms with van der Waals surface area (Å²) in [6.45, 7) is 5.26. The number of pyridine rings is 3. The zero-order valence-electron chi connectivity index (χ0n) is 21.7. The monoisotopic (exact) mass is 530 g/mol. The number of hydrogen-bond donors (Lipinski definition) is 1. The standard InChI is InChI=1S/C28H30N6O3S/c1-28(2,35)18-38-23-12-24(27-20(13-29)15-32-34(27)17-23)19-4-6-25(30-14-19)33-10-8-21(9-11-33)37-22-5-7-26(36-3)31-16-22/h4-7,12,14-17,21,35H,8-11,18H2,1-3H3. The van der Waals surface area contributed by atoms with Gasteiger partial charge in [-0.25, -0.2) is 14.5 Å². The first kappa shape index (κ1) is 25.8. The van der Waals surface area contributed by atoms with Crippen molar-refractivity contribution in [3.05, 3.63) is 60.7 Å². The van der Waals surface area contributed by atoms with Gasteiger partial charge in [-0.15, -0.1) is 11.8 Å². The SMILES string of the molecule is COc1ccc(OC2CCN(c3ccc(-c4cc(SCC(C)(C)O)cn5ncc(C#N)c45)cn3)CC2)cn1. The summed E-state index contributed by atoms with van der Waals surface area (Å²) in [5, 5.41) is 24.2. The van der Waals surface area contributed by atoms with Crippen LogP contribution in [-0.4, -0.2) is 62.3 Å². The molecule has 0 spiro atoms. The highest BCUT2D eigenvalue weighted by Gasteiger charge is 2.22. The number of fused-ring (bicyclic) bond motifs is 1. The molecule has 0 unspecified atom stereocenters. The molecule has 1 fully saturated rings. The average molecular weight is 531 g/mol. The summed E-state index contributed by atoms with van der Waals surface area (Å²) in [7, 11) is 1.59. The van der Waals surface area contributed by atoms with E-state index in [0.717, 1.165) is 59.0 Å². The molecule has 10 heteroatoms. The van der Waals surface area contributed by atoms with Crippen LogP contribution in [0, 0.1) is 11.3 Å². The fourth-order valence-corrected chi connectivity index (χ4v) is 5.32. The number of thioether (sulfide) groups is 1. The summed E-state index contributed by atoms with van der Waals surface area (Å²) < 4.78 is 12.9. The minimum absolute atomic E-state index is 0.129.